The lowest BCUT2D eigenvalue weighted by Gasteiger charge is -2.34. The summed E-state index contributed by atoms with van der Waals surface area (Å²) in [7, 11) is 1.60. The molecule has 1 aliphatic heterocycles. The van der Waals surface area contributed by atoms with Crippen molar-refractivity contribution >= 4 is 16.6 Å². The van der Waals surface area contributed by atoms with Crippen LogP contribution in [0.4, 0.5) is 10.1 Å². The molecule has 0 amide bonds. The summed E-state index contributed by atoms with van der Waals surface area (Å²) in [6.07, 6.45) is 3.65. The zero-order chi connectivity index (χ0) is 27.0. The minimum atomic E-state index is -0.263. The van der Waals surface area contributed by atoms with Crippen LogP contribution in [-0.4, -0.2) is 31.2 Å². The van der Waals surface area contributed by atoms with E-state index in [9.17, 15) is 9.65 Å². The molecule has 0 saturated carbocycles. The van der Waals surface area contributed by atoms with Crippen molar-refractivity contribution in [1.29, 1.82) is 5.26 Å². The van der Waals surface area contributed by atoms with Crippen LogP contribution < -0.4 is 15.4 Å². The van der Waals surface area contributed by atoms with Gasteiger partial charge in [0.25, 0.3) is 0 Å². The maximum Gasteiger partial charge on any atom is 0.144 e. The van der Waals surface area contributed by atoms with Crippen LogP contribution in [0.3, 0.4) is 0 Å². The largest absolute Gasteiger partial charge is 0.495 e. The van der Waals surface area contributed by atoms with Gasteiger partial charge in [0, 0.05) is 41.8 Å². The topological polar surface area (TPSA) is 75.2 Å². The molecule has 5 rings (SSSR count). The second-order valence-electron chi connectivity index (χ2n) is 10.5. The van der Waals surface area contributed by atoms with Crippen LogP contribution in [-0.2, 0) is 0 Å². The molecule has 0 unspecified atom stereocenters. The third kappa shape index (κ3) is 4.70. The number of hydrogen-bond donors (Lipinski definition) is 1. The van der Waals surface area contributed by atoms with Crippen LogP contribution in [0.1, 0.15) is 49.3 Å². The van der Waals surface area contributed by atoms with Crippen molar-refractivity contribution in [2.45, 2.75) is 45.6 Å². The normalized spacial score (nSPS) is 14.2. The summed E-state index contributed by atoms with van der Waals surface area (Å²) in [6, 6.07) is 17.6. The molecular formula is C32H33FN4O. The number of para-hydroxylation sites is 1. The number of methoxy groups -OCH3 is 1. The molecule has 2 heterocycles. The molecule has 0 atom stereocenters. The number of nitrogens with two attached hydrogens (primary N) is 1. The Morgan fingerprint density at radius 3 is 2.50 bits per heavy atom. The highest BCUT2D eigenvalue weighted by Gasteiger charge is 2.25. The van der Waals surface area contributed by atoms with Crippen LogP contribution in [0.5, 0.6) is 5.75 Å². The van der Waals surface area contributed by atoms with Crippen molar-refractivity contribution in [3.8, 4) is 34.1 Å². The van der Waals surface area contributed by atoms with Crippen LogP contribution in [0.15, 0.2) is 54.7 Å². The summed E-state index contributed by atoms with van der Waals surface area (Å²) in [6.45, 7) is 7.85. The zero-order valence-corrected chi connectivity index (χ0v) is 22.4. The molecule has 0 aliphatic carbocycles. The van der Waals surface area contributed by atoms with Gasteiger partial charge in [0.05, 0.1) is 23.9 Å². The average Bonchev–Trinajstić information content (AvgIpc) is 2.91. The molecule has 2 N–H and O–H groups in total. The Bertz CT molecular complexity index is 1530. The highest BCUT2D eigenvalue weighted by atomic mass is 19.1. The Morgan fingerprint density at radius 2 is 1.84 bits per heavy atom. The van der Waals surface area contributed by atoms with Gasteiger partial charge in [-0.3, -0.25) is 4.98 Å². The molecule has 1 aliphatic rings. The van der Waals surface area contributed by atoms with E-state index in [0.29, 0.717) is 11.3 Å². The molecule has 38 heavy (non-hydrogen) atoms. The smallest absolute Gasteiger partial charge is 0.144 e. The maximum atomic E-state index is 14.5. The Balaban J connectivity index is 1.84. The summed E-state index contributed by atoms with van der Waals surface area (Å²) in [5.74, 6) is 0.515. The first-order chi connectivity index (χ1) is 18.3. The number of rotatable bonds is 5. The van der Waals surface area contributed by atoms with Gasteiger partial charge in [-0.25, -0.2) is 4.39 Å². The van der Waals surface area contributed by atoms with Crippen molar-refractivity contribution in [1.82, 2.24) is 4.98 Å². The fraction of sp³-hybridized carbons (Fsp3) is 0.312. The number of pyridine rings is 1. The monoisotopic (exact) mass is 508 g/mol. The van der Waals surface area contributed by atoms with Crippen molar-refractivity contribution in [2.24, 2.45) is 5.73 Å². The molecule has 5 nitrogen and oxygen atoms in total. The SMILES string of the molecule is COc1c(C#N)cccc1-c1cc2c(N3CCC(N)CC3)c(-c3cc(C)cc(F)c3)cnc2cc1C(C)C. The number of hydrogen-bond acceptors (Lipinski definition) is 5. The summed E-state index contributed by atoms with van der Waals surface area (Å²) in [5.41, 5.74) is 14.2. The number of nitriles is 1. The third-order valence-corrected chi connectivity index (χ3v) is 7.47. The maximum absolute atomic E-state index is 14.5. The van der Waals surface area contributed by atoms with Crippen LogP contribution in [0.25, 0.3) is 33.2 Å². The van der Waals surface area contributed by atoms with Crippen molar-refractivity contribution < 1.29 is 9.13 Å². The Kier molecular flexibility index (Phi) is 7.05. The van der Waals surface area contributed by atoms with E-state index in [1.54, 1.807) is 25.3 Å². The molecule has 0 bridgehead atoms. The van der Waals surface area contributed by atoms with Crippen molar-refractivity contribution in [3.05, 3.63) is 77.2 Å². The number of fused-ring (bicyclic) bond motifs is 1. The van der Waals surface area contributed by atoms with Crippen molar-refractivity contribution in [2.75, 3.05) is 25.1 Å². The first-order valence-corrected chi connectivity index (χ1v) is 13.1. The standard InChI is InChI=1S/C32H33FN4O/c1-19(2)26-16-30-28(15-27(26)25-7-5-6-21(17-34)32(25)38-4)31(37-10-8-24(35)9-11-37)29(18-36-30)22-12-20(3)13-23(33)14-22/h5-7,12-16,18-19,24H,8-11,35H2,1-4H3. The quantitative estimate of drug-likeness (QED) is 0.316. The van der Waals surface area contributed by atoms with E-state index in [1.807, 2.05) is 31.3 Å². The first kappa shape index (κ1) is 25.7. The first-order valence-electron chi connectivity index (χ1n) is 13.1. The second-order valence-corrected chi connectivity index (χ2v) is 10.5. The predicted octanol–water partition coefficient (Wildman–Crippen LogP) is 6.95. The minimum absolute atomic E-state index is 0.181. The highest BCUT2D eigenvalue weighted by Crippen LogP contribution is 2.44. The molecular weight excluding hydrogens is 475 g/mol. The van der Waals surface area contributed by atoms with Gasteiger partial charge >= 0.3 is 0 Å². The van der Waals surface area contributed by atoms with Crippen LogP contribution in [0.2, 0.25) is 0 Å². The number of benzene rings is 3. The number of ether oxygens (including phenoxy) is 1. The summed E-state index contributed by atoms with van der Waals surface area (Å²) in [5, 5.41) is 10.7. The number of aryl methyl sites for hydroxylation is 1. The van der Waals surface area contributed by atoms with E-state index in [2.05, 4.69) is 36.9 Å². The van der Waals surface area contributed by atoms with E-state index < -0.39 is 0 Å². The minimum Gasteiger partial charge on any atom is -0.495 e. The van der Waals surface area contributed by atoms with Gasteiger partial charge in [-0.05, 0) is 78.3 Å². The third-order valence-electron chi connectivity index (χ3n) is 7.47. The summed E-state index contributed by atoms with van der Waals surface area (Å²) in [4.78, 5) is 7.25. The number of halogens is 1. The average molecular weight is 509 g/mol. The highest BCUT2D eigenvalue weighted by molar-refractivity contribution is 6.03. The van der Waals surface area contributed by atoms with Gasteiger partial charge in [0.1, 0.15) is 17.6 Å². The molecule has 3 aromatic carbocycles. The summed E-state index contributed by atoms with van der Waals surface area (Å²) >= 11 is 0. The Labute approximate surface area is 223 Å². The fourth-order valence-corrected chi connectivity index (χ4v) is 5.58. The van der Waals surface area contributed by atoms with Gasteiger partial charge in [0.2, 0.25) is 0 Å². The van der Waals surface area contributed by atoms with Gasteiger partial charge in [-0.2, -0.15) is 5.26 Å². The van der Waals surface area contributed by atoms with E-state index in [4.69, 9.17) is 15.5 Å². The number of aromatic nitrogens is 1. The molecule has 1 aromatic heterocycles. The van der Waals surface area contributed by atoms with E-state index in [0.717, 1.165) is 75.9 Å². The van der Waals surface area contributed by atoms with Crippen LogP contribution in [0, 0.1) is 24.1 Å². The predicted molar refractivity (Wildman–Crippen MR) is 152 cm³/mol. The van der Waals surface area contributed by atoms with Gasteiger partial charge in [0.15, 0.2) is 0 Å². The van der Waals surface area contributed by atoms with Gasteiger partial charge in [-0.1, -0.05) is 32.0 Å². The fourth-order valence-electron chi connectivity index (χ4n) is 5.58. The van der Waals surface area contributed by atoms with Crippen molar-refractivity contribution in [3.63, 3.8) is 0 Å². The van der Waals surface area contributed by atoms with E-state index in [-0.39, 0.29) is 17.8 Å². The van der Waals surface area contributed by atoms with Gasteiger partial charge < -0.3 is 15.4 Å². The lowest BCUT2D eigenvalue weighted by Crippen LogP contribution is -2.40. The molecule has 194 valence electrons. The number of nitrogens with zero attached hydrogens (tertiary/aromatic N) is 3. The van der Waals surface area contributed by atoms with Gasteiger partial charge in [-0.15, -0.1) is 0 Å². The number of anilines is 1. The molecule has 4 aromatic rings. The van der Waals surface area contributed by atoms with E-state index >= 15 is 0 Å². The molecule has 0 spiro atoms. The lowest BCUT2D eigenvalue weighted by molar-refractivity contribution is 0.415. The lowest BCUT2D eigenvalue weighted by atomic mass is 9.88. The zero-order valence-electron chi connectivity index (χ0n) is 22.4. The molecule has 1 saturated heterocycles. The molecule has 0 radical (unpaired) electrons. The molecule has 6 heteroatoms. The number of piperidine rings is 1. The second kappa shape index (κ2) is 10.4. The Hall–Kier alpha value is -3.95. The Morgan fingerprint density at radius 1 is 1.08 bits per heavy atom. The van der Waals surface area contributed by atoms with E-state index in [1.165, 1.54) is 0 Å². The molecule has 1 fully saturated rings. The van der Waals surface area contributed by atoms with Crippen LogP contribution >= 0.6 is 0 Å². The summed E-state index contributed by atoms with van der Waals surface area (Å²) < 4.78 is 20.3.